The van der Waals surface area contributed by atoms with Crippen LogP contribution in [0.1, 0.15) is 51.2 Å². The number of ether oxygens (including phenoxy) is 1. The van der Waals surface area contributed by atoms with Crippen molar-refractivity contribution in [1.82, 2.24) is 4.90 Å². The van der Waals surface area contributed by atoms with Crippen LogP contribution in [0.2, 0.25) is 5.02 Å². The lowest BCUT2D eigenvalue weighted by Gasteiger charge is -2.35. The van der Waals surface area contributed by atoms with Gasteiger partial charge in [-0.05, 0) is 57.0 Å². The first-order valence-corrected chi connectivity index (χ1v) is 11.0. The SMILES string of the molecule is CC1=C(C(=O)OC(C)(C)C)C(c2ccccc2Cl)CC(=O)N1Cc1ccc(Br)cc1. The van der Waals surface area contributed by atoms with Crippen molar-refractivity contribution in [2.45, 2.75) is 52.2 Å². The third-order valence-corrected chi connectivity index (χ3v) is 5.85. The van der Waals surface area contributed by atoms with Gasteiger partial charge in [-0.3, -0.25) is 4.79 Å². The number of halogens is 2. The Kier molecular flexibility index (Phi) is 6.73. The zero-order valence-electron chi connectivity index (χ0n) is 17.5. The summed E-state index contributed by atoms with van der Waals surface area (Å²) >= 11 is 9.86. The summed E-state index contributed by atoms with van der Waals surface area (Å²) in [6, 6.07) is 15.1. The predicted octanol–water partition coefficient (Wildman–Crippen LogP) is 6.23. The van der Waals surface area contributed by atoms with Crippen LogP contribution in [0.5, 0.6) is 0 Å². The molecule has 0 saturated carbocycles. The molecule has 1 heterocycles. The van der Waals surface area contributed by atoms with Crippen molar-refractivity contribution >= 4 is 39.4 Å². The minimum atomic E-state index is -0.645. The maximum Gasteiger partial charge on any atom is 0.336 e. The van der Waals surface area contributed by atoms with E-state index < -0.39 is 17.5 Å². The van der Waals surface area contributed by atoms with E-state index in [-0.39, 0.29) is 12.3 Å². The molecule has 158 valence electrons. The normalized spacial score (nSPS) is 17.3. The fraction of sp³-hybridized carbons (Fsp3) is 0.333. The summed E-state index contributed by atoms with van der Waals surface area (Å²) in [6.07, 6.45) is 0.159. The van der Waals surface area contributed by atoms with Gasteiger partial charge in [0.2, 0.25) is 5.91 Å². The van der Waals surface area contributed by atoms with E-state index in [4.69, 9.17) is 16.3 Å². The van der Waals surface area contributed by atoms with Gasteiger partial charge in [0, 0.05) is 27.5 Å². The van der Waals surface area contributed by atoms with E-state index in [0.717, 1.165) is 15.6 Å². The number of hydrogen-bond donors (Lipinski definition) is 0. The summed E-state index contributed by atoms with van der Waals surface area (Å²) in [7, 11) is 0. The number of carbonyl (C=O) groups excluding carboxylic acids is 2. The first kappa shape index (κ1) is 22.6. The van der Waals surface area contributed by atoms with Crippen molar-refractivity contribution < 1.29 is 14.3 Å². The zero-order chi connectivity index (χ0) is 22.1. The van der Waals surface area contributed by atoms with E-state index in [1.807, 2.05) is 63.2 Å². The van der Waals surface area contributed by atoms with Crippen molar-refractivity contribution in [3.63, 3.8) is 0 Å². The molecule has 3 rings (SSSR count). The quantitative estimate of drug-likeness (QED) is 0.477. The highest BCUT2D eigenvalue weighted by Gasteiger charge is 2.38. The Hall–Kier alpha value is -2.11. The summed E-state index contributed by atoms with van der Waals surface area (Å²) in [6.45, 7) is 7.69. The molecule has 0 aliphatic carbocycles. The van der Waals surface area contributed by atoms with Gasteiger partial charge in [-0.1, -0.05) is 57.9 Å². The molecular weight excluding hydrogens is 466 g/mol. The molecule has 0 spiro atoms. The van der Waals surface area contributed by atoms with E-state index >= 15 is 0 Å². The van der Waals surface area contributed by atoms with Crippen LogP contribution in [-0.2, 0) is 20.9 Å². The maximum atomic E-state index is 13.2. The van der Waals surface area contributed by atoms with Gasteiger partial charge in [-0.25, -0.2) is 4.79 Å². The molecular formula is C24H25BrClNO3. The van der Waals surface area contributed by atoms with Crippen LogP contribution in [0.25, 0.3) is 0 Å². The summed E-state index contributed by atoms with van der Waals surface area (Å²) in [5.74, 6) is -0.909. The van der Waals surface area contributed by atoms with Crippen molar-refractivity contribution in [2.24, 2.45) is 0 Å². The molecule has 6 heteroatoms. The second-order valence-corrected chi connectivity index (χ2v) is 9.71. The minimum Gasteiger partial charge on any atom is -0.457 e. The van der Waals surface area contributed by atoms with Gasteiger partial charge in [-0.15, -0.1) is 0 Å². The number of esters is 1. The minimum absolute atomic E-state index is 0.0485. The molecule has 0 saturated heterocycles. The number of rotatable bonds is 4. The van der Waals surface area contributed by atoms with Gasteiger partial charge >= 0.3 is 5.97 Å². The van der Waals surface area contributed by atoms with Crippen molar-refractivity contribution in [3.8, 4) is 0 Å². The molecule has 30 heavy (non-hydrogen) atoms. The molecule has 0 N–H and O–H groups in total. The third kappa shape index (κ3) is 5.13. The Bertz CT molecular complexity index is 992. The van der Waals surface area contributed by atoms with E-state index in [2.05, 4.69) is 15.9 Å². The number of allylic oxidation sites excluding steroid dienone is 1. The van der Waals surface area contributed by atoms with Crippen molar-refractivity contribution in [1.29, 1.82) is 0 Å². The van der Waals surface area contributed by atoms with Crippen LogP contribution in [0.15, 0.2) is 64.3 Å². The smallest absolute Gasteiger partial charge is 0.336 e. The molecule has 1 amide bonds. The van der Waals surface area contributed by atoms with Crippen LogP contribution >= 0.6 is 27.5 Å². The van der Waals surface area contributed by atoms with Crippen LogP contribution in [0.4, 0.5) is 0 Å². The fourth-order valence-electron chi connectivity index (χ4n) is 3.60. The Labute approximate surface area is 191 Å². The van der Waals surface area contributed by atoms with Gasteiger partial charge in [0.05, 0.1) is 12.1 Å². The summed E-state index contributed by atoms with van der Waals surface area (Å²) in [5.41, 5.74) is 2.18. The predicted molar refractivity (Wildman–Crippen MR) is 122 cm³/mol. The number of carbonyl (C=O) groups is 2. The van der Waals surface area contributed by atoms with Crippen LogP contribution in [0.3, 0.4) is 0 Å². The Morgan fingerprint density at radius 3 is 2.40 bits per heavy atom. The van der Waals surface area contributed by atoms with Gasteiger partial charge in [0.25, 0.3) is 0 Å². The van der Waals surface area contributed by atoms with Crippen molar-refractivity contribution in [2.75, 3.05) is 0 Å². The lowest BCUT2D eigenvalue weighted by Crippen LogP contribution is -2.39. The Morgan fingerprint density at radius 1 is 1.17 bits per heavy atom. The Morgan fingerprint density at radius 2 is 1.80 bits per heavy atom. The molecule has 0 fully saturated rings. The fourth-order valence-corrected chi connectivity index (χ4v) is 4.13. The van der Waals surface area contributed by atoms with Gasteiger partial charge in [0.1, 0.15) is 5.60 Å². The molecule has 2 aromatic rings. The largest absolute Gasteiger partial charge is 0.457 e. The monoisotopic (exact) mass is 489 g/mol. The number of benzene rings is 2. The van der Waals surface area contributed by atoms with Crippen molar-refractivity contribution in [3.05, 3.63) is 80.4 Å². The first-order valence-electron chi connectivity index (χ1n) is 9.80. The van der Waals surface area contributed by atoms with Gasteiger partial charge in [-0.2, -0.15) is 0 Å². The molecule has 1 unspecified atom stereocenters. The maximum absolute atomic E-state index is 13.2. The summed E-state index contributed by atoms with van der Waals surface area (Å²) in [5, 5.41) is 0.533. The molecule has 0 radical (unpaired) electrons. The summed E-state index contributed by atoms with van der Waals surface area (Å²) < 4.78 is 6.67. The van der Waals surface area contributed by atoms with E-state index in [1.54, 1.807) is 17.9 Å². The number of hydrogen-bond acceptors (Lipinski definition) is 3. The topological polar surface area (TPSA) is 46.6 Å². The van der Waals surface area contributed by atoms with Crippen LogP contribution in [0, 0.1) is 0 Å². The van der Waals surface area contributed by atoms with Gasteiger partial charge in [0.15, 0.2) is 0 Å². The lowest BCUT2D eigenvalue weighted by atomic mass is 9.83. The second-order valence-electron chi connectivity index (χ2n) is 8.39. The number of amides is 1. The van der Waals surface area contributed by atoms with Crippen LogP contribution in [-0.4, -0.2) is 22.4 Å². The highest BCUT2D eigenvalue weighted by molar-refractivity contribution is 9.10. The average molecular weight is 491 g/mol. The molecule has 2 aromatic carbocycles. The van der Waals surface area contributed by atoms with E-state index in [9.17, 15) is 9.59 Å². The molecule has 0 aromatic heterocycles. The lowest BCUT2D eigenvalue weighted by molar-refractivity contribution is -0.150. The molecule has 1 aliphatic rings. The third-order valence-electron chi connectivity index (χ3n) is 4.98. The molecule has 1 aliphatic heterocycles. The highest BCUT2D eigenvalue weighted by atomic mass is 79.9. The first-order chi connectivity index (χ1) is 14.1. The molecule has 1 atom stereocenters. The Balaban J connectivity index is 2.06. The van der Waals surface area contributed by atoms with Crippen LogP contribution < -0.4 is 0 Å². The zero-order valence-corrected chi connectivity index (χ0v) is 19.9. The molecule has 4 nitrogen and oxygen atoms in total. The molecule has 0 bridgehead atoms. The number of nitrogens with zero attached hydrogens (tertiary/aromatic N) is 1. The van der Waals surface area contributed by atoms with E-state index in [0.29, 0.717) is 22.8 Å². The van der Waals surface area contributed by atoms with E-state index in [1.165, 1.54) is 0 Å². The average Bonchev–Trinajstić information content (AvgIpc) is 2.65. The second kappa shape index (κ2) is 8.94. The summed E-state index contributed by atoms with van der Waals surface area (Å²) in [4.78, 5) is 28.0. The standard InChI is InChI=1S/C24H25BrClNO3/c1-15-22(23(29)30-24(2,3)4)19(18-7-5-6-8-20(18)26)13-21(28)27(15)14-16-9-11-17(25)12-10-16/h5-12,19H,13-14H2,1-4H3. The van der Waals surface area contributed by atoms with Gasteiger partial charge < -0.3 is 9.64 Å². The highest BCUT2D eigenvalue weighted by Crippen LogP contribution is 2.40.